The maximum absolute atomic E-state index is 12.6. The Morgan fingerprint density at radius 2 is 0.339 bits per heavy atom. The summed E-state index contributed by atoms with van der Waals surface area (Å²) < 4.78 is 0. The van der Waals surface area contributed by atoms with E-state index in [4.69, 9.17) is 0 Å². The van der Waals surface area contributed by atoms with Crippen LogP contribution < -0.4 is 0 Å². The highest BCUT2D eigenvalue weighted by Crippen LogP contribution is 2.38. The van der Waals surface area contributed by atoms with Gasteiger partial charge in [-0.2, -0.15) is 0 Å². The maximum Gasteiger partial charge on any atom is 0.104 e. The van der Waals surface area contributed by atoms with Crippen LogP contribution in [0.4, 0.5) is 0 Å². The summed E-state index contributed by atoms with van der Waals surface area (Å²) in [6.07, 6.45) is -0.897. The van der Waals surface area contributed by atoms with Gasteiger partial charge >= 0.3 is 0 Å². The Bertz CT molecular complexity index is 2630. The van der Waals surface area contributed by atoms with Gasteiger partial charge in [-0.05, 0) is 137 Å². The minimum atomic E-state index is -0.897. The molecule has 294 valence electrons. The first-order valence-electron chi connectivity index (χ1n) is 21.2. The lowest BCUT2D eigenvalue weighted by Crippen LogP contribution is -2.02. The Morgan fingerprint density at radius 3 is 0.532 bits per heavy atom. The molecule has 62 heavy (non-hydrogen) atoms. The molecule has 1 N–H and O–H groups in total. The summed E-state index contributed by atoms with van der Waals surface area (Å²) in [6.45, 7) is 0. The largest absolute Gasteiger partial charge is 0.384 e. The van der Waals surface area contributed by atoms with Gasteiger partial charge in [-0.3, -0.25) is 0 Å². The molecule has 10 aromatic carbocycles. The van der Waals surface area contributed by atoms with Crippen molar-refractivity contribution in [3.63, 3.8) is 0 Å². The van der Waals surface area contributed by atoms with Gasteiger partial charge in [0.2, 0.25) is 0 Å². The Kier molecular flexibility index (Phi) is 10.8. The van der Waals surface area contributed by atoms with E-state index in [-0.39, 0.29) is 0 Å². The second-order valence-electron chi connectivity index (χ2n) is 15.9. The summed E-state index contributed by atoms with van der Waals surface area (Å²) >= 11 is 0. The van der Waals surface area contributed by atoms with Crippen molar-refractivity contribution in [1.82, 2.24) is 0 Å². The molecule has 0 bridgehead atoms. The third-order valence-electron chi connectivity index (χ3n) is 11.8. The highest BCUT2D eigenvalue weighted by atomic mass is 16.3. The quantitative estimate of drug-likeness (QED) is 0.146. The van der Waals surface area contributed by atoms with Crippen LogP contribution in [0.15, 0.2) is 255 Å². The number of hydrogen-bond donors (Lipinski definition) is 1. The molecule has 0 atom stereocenters. The zero-order valence-electron chi connectivity index (χ0n) is 34.3. The summed E-state index contributed by atoms with van der Waals surface area (Å²) in [5.41, 5.74) is 19.6. The van der Waals surface area contributed by atoms with Crippen LogP contribution in [-0.2, 0) is 0 Å². The second kappa shape index (κ2) is 17.4. The number of benzene rings is 10. The van der Waals surface area contributed by atoms with E-state index in [0.29, 0.717) is 0 Å². The van der Waals surface area contributed by atoms with Crippen molar-refractivity contribution < 1.29 is 5.11 Å². The first kappa shape index (κ1) is 38.4. The van der Waals surface area contributed by atoms with Crippen molar-refractivity contribution in [3.05, 3.63) is 266 Å². The number of aliphatic hydroxyl groups excluding tert-OH is 1. The Balaban J connectivity index is 1.07. The van der Waals surface area contributed by atoms with Crippen LogP contribution >= 0.6 is 0 Å². The molecule has 0 spiro atoms. The Morgan fingerprint density at radius 1 is 0.177 bits per heavy atom. The molecule has 10 rings (SSSR count). The fraction of sp³-hybridized carbons (Fsp3) is 0.0164. The predicted molar refractivity (Wildman–Crippen MR) is 260 cm³/mol. The molecule has 0 aliphatic heterocycles. The highest BCUT2D eigenvalue weighted by Gasteiger charge is 2.18. The normalized spacial score (nSPS) is 11.1. The van der Waals surface area contributed by atoms with E-state index in [9.17, 15) is 5.11 Å². The van der Waals surface area contributed by atoms with Gasteiger partial charge in [0.05, 0.1) is 0 Å². The summed E-state index contributed by atoms with van der Waals surface area (Å²) in [6, 6.07) is 90.0. The molecule has 10 aromatic rings. The standard InChI is InChI=1S/C61H44O/c62-61(59-39-55(51-29-21-47(22-30-51)43-13-5-1-6-14-43)37-56(40-59)52-31-23-48(24-32-52)44-15-7-2-8-16-44)60-41-57(53-33-25-49(26-34-53)45-17-9-3-10-18-45)38-58(42-60)54-35-27-50(28-36-54)46-19-11-4-12-20-46/h1-42,61-62H. The number of aliphatic hydroxyl groups is 1. The molecule has 0 heterocycles. The van der Waals surface area contributed by atoms with Gasteiger partial charge in [-0.1, -0.05) is 218 Å². The first-order valence-corrected chi connectivity index (χ1v) is 21.2. The molecule has 0 unspecified atom stereocenters. The van der Waals surface area contributed by atoms with Crippen molar-refractivity contribution in [2.24, 2.45) is 0 Å². The molecule has 0 saturated carbocycles. The SMILES string of the molecule is OC(c1cc(-c2ccc(-c3ccccc3)cc2)cc(-c2ccc(-c3ccccc3)cc2)c1)c1cc(-c2ccc(-c3ccccc3)cc2)cc(-c2ccc(-c3ccccc3)cc2)c1. The van der Waals surface area contributed by atoms with Crippen molar-refractivity contribution in [1.29, 1.82) is 0 Å². The van der Waals surface area contributed by atoms with E-state index < -0.39 is 6.10 Å². The Hall–Kier alpha value is -7.84. The van der Waals surface area contributed by atoms with Crippen LogP contribution in [0.2, 0.25) is 0 Å². The smallest absolute Gasteiger partial charge is 0.104 e. The van der Waals surface area contributed by atoms with E-state index in [2.05, 4.69) is 231 Å². The Labute approximate surface area is 364 Å². The van der Waals surface area contributed by atoms with Gasteiger partial charge in [0.25, 0.3) is 0 Å². The maximum atomic E-state index is 12.6. The van der Waals surface area contributed by atoms with E-state index >= 15 is 0 Å². The molecule has 0 aliphatic rings. The second-order valence-corrected chi connectivity index (χ2v) is 15.9. The van der Waals surface area contributed by atoms with Crippen LogP contribution in [0, 0.1) is 0 Å². The van der Waals surface area contributed by atoms with Gasteiger partial charge in [0.1, 0.15) is 6.10 Å². The van der Waals surface area contributed by atoms with Gasteiger partial charge in [-0.15, -0.1) is 0 Å². The van der Waals surface area contributed by atoms with Crippen molar-refractivity contribution in [2.45, 2.75) is 6.10 Å². The lowest BCUT2D eigenvalue weighted by atomic mass is 9.88. The monoisotopic (exact) mass is 792 g/mol. The molecule has 0 aliphatic carbocycles. The third kappa shape index (κ3) is 8.31. The van der Waals surface area contributed by atoms with Crippen LogP contribution in [0.3, 0.4) is 0 Å². The predicted octanol–water partition coefficient (Wildman–Crippen LogP) is 16.1. The molecule has 1 nitrogen and oxygen atoms in total. The van der Waals surface area contributed by atoms with Crippen LogP contribution in [0.5, 0.6) is 0 Å². The molecule has 1 heteroatoms. The van der Waals surface area contributed by atoms with Crippen LogP contribution in [0.25, 0.3) is 89.0 Å². The lowest BCUT2D eigenvalue weighted by molar-refractivity contribution is 0.220. The first-order chi connectivity index (χ1) is 30.6. The van der Waals surface area contributed by atoms with Crippen molar-refractivity contribution >= 4 is 0 Å². The van der Waals surface area contributed by atoms with Crippen LogP contribution in [-0.4, -0.2) is 5.11 Å². The van der Waals surface area contributed by atoms with E-state index in [1.807, 2.05) is 24.3 Å². The van der Waals surface area contributed by atoms with E-state index in [0.717, 1.165) is 55.6 Å². The molecule has 0 aromatic heterocycles. The highest BCUT2D eigenvalue weighted by molar-refractivity contribution is 5.80. The summed E-state index contributed by atoms with van der Waals surface area (Å²) in [5.74, 6) is 0. The molecular weight excluding hydrogens is 749 g/mol. The van der Waals surface area contributed by atoms with Gasteiger partial charge < -0.3 is 5.11 Å². The van der Waals surface area contributed by atoms with Crippen molar-refractivity contribution in [3.8, 4) is 89.0 Å². The topological polar surface area (TPSA) is 20.2 Å². The van der Waals surface area contributed by atoms with Gasteiger partial charge in [-0.25, -0.2) is 0 Å². The van der Waals surface area contributed by atoms with Gasteiger partial charge in [0.15, 0.2) is 0 Å². The average molecular weight is 793 g/mol. The summed E-state index contributed by atoms with van der Waals surface area (Å²) in [4.78, 5) is 0. The summed E-state index contributed by atoms with van der Waals surface area (Å²) in [5, 5.41) is 12.6. The lowest BCUT2D eigenvalue weighted by Gasteiger charge is -2.19. The van der Waals surface area contributed by atoms with Crippen LogP contribution in [0.1, 0.15) is 17.2 Å². The molecule has 0 fully saturated rings. The van der Waals surface area contributed by atoms with Gasteiger partial charge in [0, 0.05) is 0 Å². The zero-order valence-corrected chi connectivity index (χ0v) is 34.3. The molecule has 0 amide bonds. The molecule has 0 saturated heterocycles. The number of hydrogen-bond acceptors (Lipinski definition) is 1. The fourth-order valence-corrected chi connectivity index (χ4v) is 8.42. The zero-order chi connectivity index (χ0) is 41.7. The van der Waals surface area contributed by atoms with E-state index in [1.54, 1.807) is 0 Å². The molecule has 0 radical (unpaired) electrons. The van der Waals surface area contributed by atoms with Crippen molar-refractivity contribution in [2.75, 3.05) is 0 Å². The minimum Gasteiger partial charge on any atom is -0.384 e. The van der Waals surface area contributed by atoms with E-state index in [1.165, 1.54) is 44.5 Å². The fourth-order valence-electron chi connectivity index (χ4n) is 8.42. The average Bonchev–Trinajstić information content (AvgIpc) is 3.37. The molecular formula is C61H44O. The minimum absolute atomic E-state index is 0.832. The summed E-state index contributed by atoms with van der Waals surface area (Å²) in [7, 11) is 0. The third-order valence-corrected chi connectivity index (χ3v) is 11.8. The number of rotatable bonds is 10.